The number of ketones is 1. The van der Waals surface area contributed by atoms with Crippen LogP contribution in [0.5, 0.6) is 0 Å². The van der Waals surface area contributed by atoms with Crippen LogP contribution in [0.15, 0.2) is 30.3 Å². The Morgan fingerprint density at radius 2 is 1.94 bits per heavy atom. The number of halogens is 1. The minimum atomic E-state index is -1.47. The lowest BCUT2D eigenvalue weighted by atomic mass is 10.0. The molecule has 5 heteroatoms. The summed E-state index contributed by atoms with van der Waals surface area (Å²) in [5, 5.41) is 12.5. The molecule has 0 saturated carbocycles. The van der Waals surface area contributed by atoms with E-state index in [1.165, 1.54) is 0 Å². The zero-order chi connectivity index (χ0) is 12.0. The fraction of sp³-hybridized carbons (Fsp3) is 0.273. The first kappa shape index (κ1) is 12.5. The summed E-state index contributed by atoms with van der Waals surface area (Å²) in [6, 6.07) is 8.25. The molecule has 0 aromatic heterocycles. The SMILES string of the molecule is O=C([O-])N[C@@H](Cc1ccccc1)C(=O)CCl. The molecule has 1 atom stereocenters. The third-order valence-electron chi connectivity index (χ3n) is 2.10. The Kier molecular flexibility index (Phi) is 4.79. The molecule has 4 nitrogen and oxygen atoms in total. The van der Waals surface area contributed by atoms with E-state index in [1.807, 2.05) is 30.3 Å². The number of carbonyl (C=O) groups excluding carboxylic acids is 2. The first-order valence-electron chi connectivity index (χ1n) is 4.73. The molecule has 1 amide bonds. The number of rotatable bonds is 5. The van der Waals surface area contributed by atoms with E-state index in [1.54, 1.807) is 0 Å². The Balaban J connectivity index is 2.70. The molecule has 86 valence electrons. The molecule has 0 fully saturated rings. The number of benzene rings is 1. The molecule has 0 unspecified atom stereocenters. The van der Waals surface area contributed by atoms with E-state index in [0.717, 1.165) is 5.56 Å². The third-order valence-corrected chi connectivity index (χ3v) is 2.36. The van der Waals surface area contributed by atoms with Gasteiger partial charge < -0.3 is 15.2 Å². The summed E-state index contributed by atoms with van der Waals surface area (Å²) in [5.74, 6) is -0.590. The van der Waals surface area contributed by atoms with E-state index in [0.29, 0.717) is 0 Å². The van der Waals surface area contributed by atoms with Gasteiger partial charge in [0.2, 0.25) is 0 Å². The van der Waals surface area contributed by atoms with Crippen molar-refractivity contribution in [2.75, 3.05) is 5.88 Å². The Hall–Kier alpha value is -1.55. The van der Waals surface area contributed by atoms with E-state index in [9.17, 15) is 14.7 Å². The molecule has 0 bridgehead atoms. The summed E-state index contributed by atoms with van der Waals surface area (Å²) in [6.45, 7) is 0. The highest BCUT2D eigenvalue weighted by Gasteiger charge is 2.17. The maximum atomic E-state index is 11.4. The number of hydrogen-bond donors (Lipinski definition) is 1. The molecule has 1 N–H and O–H groups in total. The Morgan fingerprint density at radius 3 is 2.44 bits per heavy atom. The Labute approximate surface area is 98.2 Å². The lowest BCUT2D eigenvalue weighted by Gasteiger charge is -2.18. The molecular weight excluding hydrogens is 230 g/mol. The van der Waals surface area contributed by atoms with Crippen LogP contribution >= 0.6 is 11.6 Å². The van der Waals surface area contributed by atoms with Gasteiger partial charge >= 0.3 is 0 Å². The molecule has 0 aliphatic heterocycles. The average molecular weight is 241 g/mol. The van der Waals surface area contributed by atoms with Gasteiger partial charge in [-0.3, -0.25) is 4.79 Å². The van der Waals surface area contributed by atoms with Crippen molar-refractivity contribution in [1.82, 2.24) is 5.32 Å². The van der Waals surface area contributed by atoms with Gasteiger partial charge in [0, 0.05) is 0 Å². The van der Waals surface area contributed by atoms with Crippen molar-refractivity contribution in [2.45, 2.75) is 12.5 Å². The number of carboxylic acid groups (broad SMARTS) is 1. The van der Waals surface area contributed by atoms with Crippen LogP contribution in [0, 0.1) is 0 Å². The minimum Gasteiger partial charge on any atom is -0.530 e. The van der Waals surface area contributed by atoms with Crippen molar-refractivity contribution < 1.29 is 14.7 Å². The second kappa shape index (κ2) is 6.12. The predicted octanol–water partition coefficient (Wildman–Crippen LogP) is 0.338. The largest absolute Gasteiger partial charge is 0.530 e. The van der Waals surface area contributed by atoms with E-state index in [2.05, 4.69) is 5.32 Å². The van der Waals surface area contributed by atoms with Crippen molar-refractivity contribution in [3.63, 3.8) is 0 Å². The molecule has 1 aromatic rings. The highest BCUT2D eigenvalue weighted by molar-refractivity contribution is 6.28. The molecule has 0 aliphatic rings. The van der Waals surface area contributed by atoms with Gasteiger partial charge in [-0.1, -0.05) is 30.3 Å². The lowest BCUT2D eigenvalue weighted by Crippen LogP contribution is -2.48. The van der Waals surface area contributed by atoms with E-state index >= 15 is 0 Å². The van der Waals surface area contributed by atoms with Crippen molar-refractivity contribution in [3.05, 3.63) is 35.9 Å². The van der Waals surface area contributed by atoms with Gasteiger partial charge in [0.1, 0.15) is 6.09 Å². The molecule has 0 saturated heterocycles. The van der Waals surface area contributed by atoms with Gasteiger partial charge in [-0.15, -0.1) is 11.6 Å². The second-order valence-corrected chi connectivity index (χ2v) is 3.54. The van der Waals surface area contributed by atoms with Crippen molar-refractivity contribution >= 4 is 23.5 Å². The lowest BCUT2D eigenvalue weighted by molar-refractivity contribution is -0.251. The number of Topliss-reactive ketones (excluding diaryl/α,β-unsaturated/α-hetero) is 1. The van der Waals surface area contributed by atoms with Crippen LogP contribution in [0.2, 0.25) is 0 Å². The highest BCUT2D eigenvalue weighted by Crippen LogP contribution is 2.04. The summed E-state index contributed by atoms with van der Waals surface area (Å²) in [4.78, 5) is 21.8. The van der Waals surface area contributed by atoms with Crippen LogP contribution in [0.1, 0.15) is 5.56 Å². The van der Waals surface area contributed by atoms with E-state index in [4.69, 9.17) is 11.6 Å². The van der Waals surface area contributed by atoms with Gasteiger partial charge in [-0.25, -0.2) is 0 Å². The zero-order valence-corrected chi connectivity index (χ0v) is 9.24. The van der Waals surface area contributed by atoms with Gasteiger partial charge in [0.15, 0.2) is 5.78 Å². The van der Waals surface area contributed by atoms with Gasteiger partial charge in [-0.2, -0.15) is 0 Å². The smallest absolute Gasteiger partial charge is 0.170 e. The van der Waals surface area contributed by atoms with E-state index < -0.39 is 12.1 Å². The van der Waals surface area contributed by atoms with Crippen LogP contribution in [0.4, 0.5) is 4.79 Å². The first-order valence-corrected chi connectivity index (χ1v) is 5.27. The van der Waals surface area contributed by atoms with Gasteiger partial charge in [-0.05, 0) is 12.0 Å². The highest BCUT2D eigenvalue weighted by atomic mass is 35.5. The normalized spacial score (nSPS) is 11.8. The molecule has 1 aromatic carbocycles. The number of hydrogen-bond acceptors (Lipinski definition) is 3. The zero-order valence-electron chi connectivity index (χ0n) is 8.48. The molecule has 1 rings (SSSR count). The fourth-order valence-corrected chi connectivity index (χ4v) is 1.52. The second-order valence-electron chi connectivity index (χ2n) is 3.27. The number of amides is 1. The maximum Gasteiger partial charge on any atom is 0.170 e. The summed E-state index contributed by atoms with van der Waals surface area (Å²) in [5.41, 5.74) is 0.861. The van der Waals surface area contributed by atoms with Gasteiger partial charge in [0.25, 0.3) is 0 Å². The van der Waals surface area contributed by atoms with Crippen LogP contribution in [-0.2, 0) is 11.2 Å². The first-order chi connectivity index (χ1) is 7.63. The third kappa shape index (κ3) is 3.90. The topological polar surface area (TPSA) is 69.2 Å². The molecule has 16 heavy (non-hydrogen) atoms. The standard InChI is InChI=1S/C11H12ClNO3/c12-7-10(14)9(13-11(15)16)6-8-4-2-1-3-5-8/h1-5,9,13H,6-7H2,(H,15,16)/p-1/t9-/m0/s1. The fourth-order valence-electron chi connectivity index (χ4n) is 1.33. The van der Waals surface area contributed by atoms with Crippen LogP contribution < -0.4 is 10.4 Å². The summed E-state index contributed by atoms with van der Waals surface area (Å²) in [6.07, 6.45) is -1.19. The van der Waals surface area contributed by atoms with Crippen molar-refractivity contribution in [1.29, 1.82) is 0 Å². The monoisotopic (exact) mass is 240 g/mol. The molecule has 0 aliphatic carbocycles. The van der Waals surface area contributed by atoms with Crippen LogP contribution in [0.25, 0.3) is 0 Å². The Morgan fingerprint density at radius 1 is 1.31 bits per heavy atom. The van der Waals surface area contributed by atoms with Crippen molar-refractivity contribution in [3.8, 4) is 0 Å². The Bertz CT molecular complexity index is 367. The summed E-state index contributed by atoms with van der Waals surface area (Å²) >= 11 is 5.39. The van der Waals surface area contributed by atoms with Gasteiger partial charge in [0.05, 0.1) is 11.9 Å². The molecular formula is C11H11ClNO3-. The average Bonchev–Trinajstić information content (AvgIpc) is 2.28. The minimum absolute atomic E-state index is 0.224. The summed E-state index contributed by atoms with van der Waals surface area (Å²) in [7, 11) is 0. The van der Waals surface area contributed by atoms with E-state index in [-0.39, 0.29) is 18.1 Å². The predicted molar refractivity (Wildman–Crippen MR) is 58.2 cm³/mol. The van der Waals surface area contributed by atoms with Crippen LogP contribution in [0.3, 0.4) is 0 Å². The van der Waals surface area contributed by atoms with Crippen molar-refractivity contribution in [2.24, 2.45) is 0 Å². The molecule has 0 spiro atoms. The number of nitrogens with one attached hydrogen (secondary N) is 1. The number of alkyl halides is 1. The number of carbonyl (C=O) groups is 2. The quantitative estimate of drug-likeness (QED) is 0.755. The maximum absolute atomic E-state index is 11.4. The van der Waals surface area contributed by atoms with Crippen LogP contribution in [-0.4, -0.2) is 23.8 Å². The summed E-state index contributed by atoms with van der Waals surface area (Å²) < 4.78 is 0. The molecule has 0 heterocycles. The molecule has 0 radical (unpaired) electrons.